The molecule has 24 heavy (non-hydrogen) atoms. The summed E-state index contributed by atoms with van der Waals surface area (Å²) in [5.74, 6) is 1.41. The van der Waals surface area contributed by atoms with Gasteiger partial charge >= 0.3 is 0 Å². The van der Waals surface area contributed by atoms with Gasteiger partial charge in [-0.15, -0.1) is 0 Å². The zero-order valence-electron chi connectivity index (χ0n) is 13.5. The maximum Gasteiger partial charge on any atom is 0.230 e. The number of para-hydroxylation sites is 2. The molecule has 1 aliphatic carbocycles. The molecule has 126 valence electrons. The van der Waals surface area contributed by atoms with Crippen LogP contribution in [0.25, 0.3) is 0 Å². The molecule has 3 rings (SSSR count). The van der Waals surface area contributed by atoms with E-state index in [9.17, 15) is 4.79 Å². The van der Waals surface area contributed by atoms with E-state index in [1.807, 2.05) is 48.5 Å². The van der Waals surface area contributed by atoms with E-state index in [0.717, 1.165) is 18.4 Å². The molecular formula is C19H20ClNO3. The maximum absolute atomic E-state index is 12.5. The predicted molar refractivity (Wildman–Crippen MR) is 93.9 cm³/mol. The largest absolute Gasteiger partial charge is 0.493 e. The molecule has 1 fully saturated rings. The zero-order chi connectivity index (χ0) is 17.0. The van der Waals surface area contributed by atoms with E-state index >= 15 is 0 Å². The third-order valence-corrected chi connectivity index (χ3v) is 4.55. The lowest BCUT2D eigenvalue weighted by Crippen LogP contribution is -2.37. The number of hydrogen-bond acceptors (Lipinski definition) is 3. The molecule has 0 spiro atoms. The van der Waals surface area contributed by atoms with E-state index in [-0.39, 0.29) is 5.91 Å². The second kappa shape index (κ2) is 7.14. The van der Waals surface area contributed by atoms with Crippen LogP contribution < -0.4 is 14.8 Å². The van der Waals surface area contributed by atoms with Gasteiger partial charge in [-0.2, -0.15) is 0 Å². The van der Waals surface area contributed by atoms with E-state index in [2.05, 4.69) is 5.32 Å². The molecule has 4 nitrogen and oxygen atoms in total. The molecule has 0 saturated heterocycles. The van der Waals surface area contributed by atoms with Crippen LogP contribution in [0, 0.1) is 0 Å². The summed E-state index contributed by atoms with van der Waals surface area (Å²) in [4.78, 5) is 12.5. The number of hydrogen-bond donors (Lipinski definition) is 1. The lowest BCUT2D eigenvalue weighted by Gasteiger charge is -2.16. The Bertz CT molecular complexity index is 711. The van der Waals surface area contributed by atoms with E-state index < -0.39 is 5.41 Å². The van der Waals surface area contributed by atoms with Crippen LogP contribution in [0.2, 0.25) is 5.02 Å². The van der Waals surface area contributed by atoms with Crippen LogP contribution in [0.5, 0.6) is 11.5 Å². The Morgan fingerprint density at radius 2 is 1.79 bits per heavy atom. The summed E-state index contributed by atoms with van der Waals surface area (Å²) < 4.78 is 10.9. The summed E-state index contributed by atoms with van der Waals surface area (Å²) >= 11 is 5.92. The lowest BCUT2D eigenvalue weighted by atomic mass is 9.95. The molecule has 5 heteroatoms. The second-order valence-electron chi connectivity index (χ2n) is 5.84. The molecule has 2 aromatic rings. The van der Waals surface area contributed by atoms with Gasteiger partial charge < -0.3 is 14.8 Å². The molecule has 1 saturated carbocycles. The number of methoxy groups -OCH3 is 1. The van der Waals surface area contributed by atoms with Gasteiger partial charge in [0.15, 0.2) is 11.5 Å². The fourth-order valence-corrected chi connectivity index (χ4v) is 2.90. The molecule has 0 radical (unpaired) electrons. The van der Waals surface area contributed by atoms with Crippen molar-refractivity contribution in [3.05, 3.63) is 59.1 Å². The fourth-order valence-electron chi connectivity index (χ4n) is 2.77. The summed E-state index contributed by atoms with van der Waals surface area (Å²) in [5, 5.41) is 3.65. The van der Waals surface area contributed by atoms with Crippen molar-refractivity contribution in [2.45, 2.75) is 18.3 Å². The predicted octanol–water partition coefficient (Wildman–Crippen LogP) is 3.58. The minimum Gasteiger partial charge on any atom is -0.493 e. The standard InChI is InChI=1S/C19H20ClNO3/c1-23-16-4-2-3-5-17(16)24-13-12-21-18(22)19(10-11-19)14-6-8-15(20)9-7-14/h2-9H,10-13H2,1H3,(H,21,22). The number of ether oxygens (including phenoxy) is 2. The smallest absolute Gasteiger partial charge is 0.230 e. The van der Waals surface area contributed by atoms with E-state index in [1.54, 1.807) is 7.11 Å². The maximum atomic E-state index is 12.5. The highest BCUT2D eigenvalue weighted by Crippen LogP contribution is 2.48. The van der Waals surface area contributed by atoms with Crippen molar-refractivity contribution in [1.82, 2.24) is 5.32 Å². The summed E-state index contributed by atoms with van der Waals surface area (Å²) in [5.41, 5.74) is 0.629. The molecule has 1 amide bonds. The second-order valence-corrected chi connectivity index (χ2v) is 6.28. The Balaban J connectivity index is 1.52. The number of amides is 1. The van der Waals surface area contributed by atoms with Gasteiger partial charge in [-0.1, -0.05) is 35.9 Å². The molecule has 1 N–H and O–H groups in total. The van der Waals surface area contributed by atoms with E-state index in [1.165, 1.54) is 0 Å². The molecule has 0 aliphatic heterocycles. The van der Waals surface area contributed by atoms with Gasteiger partial charge in [-0.25, -0.2) is 0 Å². The van der Waals surface area contributed by atoms with Gasteiger partial charge in [-0.3, -0.25) is 4.79 Å². The van der Waals surface area contributed by atoms with Crippen molar-refractivity contribution in [2.24, 2.45) is 0 Å². The number of carbonyl (C=O) groups is 1. The topological polar surface area (TPSA) is 47.6 Å². The Morgan fingerprint density at radius 1 is 1.12 bits per heavy atom. The van der Waals surface area contributed by atoms with E-state index in [0.29, 0.717) is 29.7 Å². The van der Waals surface area contributed by atoms with Crippen molar-refractivity contribution in [3.63, 3.8) is 0 Å². The molecule has 2 aromatic carbocycles. The first-order chi connectivity index (χ1) is 11.7. The first-order valence-corrected chi connectivity index (χ1v) is 8.34. The van der Waals surface area contributed by atoms with Gasteiger partial charge in [0.05, 0.1) is 19.1 Å². The molecule has 0 aromatic heterocycles. The molecule has 0 bridgehead atoms. The van der Waals surface area contributed by atoms with Crippen molar-refractivity contribution in [3.8, 4) is 11.5 Å². The lowest BCUT2D eigenvalue weighted by molar-refractivity contribution is -0.123. The Morgan fingerprint density at radius 3 is 2.42 bits per heavy atom. The van der Waals surface area contributed by atoms with Gasteiger partial charge in [-0.05, 0) is 42.7 Å². The quantitative estimate of drug-likeness (QED) is 0.780. The zero-order valence-corrected chi connectivity index (χ0v) is 14.3. The fraction of sp³-hybridized carbons (Fsp3) is 0.316. The van der Waals surface area contributed by atoms with Crippen LogP contribution in [0.4, 0.5) is 0 Å². The first-order valence-electron chi connectivity index (χ1n) is 7.96. The Hall–Kier alpha value is -2.20. The van der Waals surface area contributed by atoms with E-state index in [4.69, 9.17) is 21.1 Å². The minimum absolute atomic E-state index is 0.0495. The van der Waals surface area contributed by atoms with Crippen molar-refractivity contribution in [2.75, 3.05) is 20.3 Å². The van der Waals surface area contributed by atoms with Gasteiger partial charge in [0.1, 0.15) is 6.61 Å². The average Bonchev–Trinajstić information content (AvgIpc) is 3.41. The number of benzene rings is 2. The summed E-state index contributed by atoms with van der Waals surface area (Å²) in [7, 11) is 1.60. The van der Waals surface area contributed by atoms with Crippen LogP contribution in [0.1, 0.15) is 18.4 Å². The third-order valence-electron chi connectivity index (χ3n) is 4.30. The number of halogens is 1. The monoisotopic (exact) mass is 345 g/mol. The SMILES string of the molecule is COc1ccccc1OCCNC(=O)C1(c2ccc(Cl)cc2)CC1. The highest BCUT2D eigenvalue weighted by molar-refractivity contribution is 6.30. The highest BCUT2D eigenvalue weighted by Gasteiger charge is 2.50. The average molecular weight is 346 g/mol. The molecule has 1 aliphatic rings. The Kier molecular flexibility index (Phi) is 4.95. The summed E-state index contributed by atoms with van der Waals surface area (Å²) in [6, 6.07) is 15.0. The van der Waals surface area contributed by atoms with Crippen LogP contribution in [0.3, 0.4) is 0 Å². The normalized spacial score (nSPS) is 14.8. The third kappa shape index (κ3) is 3.49. The van der Waals surface area contributed by atoms with Gasteiger partial charge in [0.25, 0.3) is 0 Å². The van der Waals surface area contributed by atoms with Crippen molar-refractivity contribution < 1.29 is 14.3 Å². The highest BCUT2D eigenvalue weighted by atomic mass is 35.5. The van der Waals surface area contributed by atoms with Crippen LogP contribution in [0.15, 0.2) is 48.5 Å². The van der Waals surface area contributed by atoms with Crippen molar-refractivity contribution >= 4 is 17.5 Å². The number of rotatable bonds is 7. The van der Waals surface area contributed by atoms with Crippen molar-refractivity contribution in [1.29, 1.82) is 0 Å². The van der Waals surface area contributed by atoms with Gasteiger partial charge in [0, 0.05) is 5.02 Å². The minimum atomic E-state index is -0.394. The first kappa shape index (κ1) is 16.7. The molecule has 0 unspecified atom stereocenters. The Labute approximate surface area is 146 Å². The molecule has 0 heterocycles. The molecule has 0 atom stereocenters. The number of nitrogens with one attached hydrogen (secondary N) is 1. The number of carbonyl (C=O) groups excluding carboxylic acids is 1. The molecular weight excluding hydrogens is 326 g/mol. The van der Waals surface area contributed by atoms with Gasteiger partial charge in [0.2, 0.25) is 5.91 Å². The summed E-state index contributed by atoms with van der Waals surface area (Å²) in [6.45, 7) is 0.842. The van der Waals surface area contributed by atoms with Crippen LogP contribution >= 0.6 is 11.6 Å². The summed E-state index contributed by atoms with van der Waals surface area (Å²) in [6.07, 6.45) is 1.74. The van der Waals surface area contributed by atoms with Crippen LogP contribution in [-0.2, 0) is 10.2 Å². The van der Waals surface area contributed by atoms with Crippen LogP contribution in [-0.4, -0.2) is 26.2 Å².